The molecule has 16 nitrogen and oxygen atoms in total. The van der Waals surface area contributed by atoms with E-state index in [1.807, 2.05) is 0 Å². The third-order valence-electron chi connectivity index (χ3n) is 9.69. The van der Waals surface area contributed by atoms with E-state index in [9.17, 15) is 28.8 Å². The van der Waals surface area contributed by atoms with Crippen LogP contribution in [0.1, 0.15) is 90.4 Å². The molecule has 0 atom stereocenters. The smallest absolute Gasteiger partial charge is 0.314 e. The maximum absolute atomic E-state index is 11.1. The molecule has 64 heavy (non-hydrogen) atoms. The Labute approximate surface area is 400 Å². The highest BCUT2D eigenvalue weighted by molar-refractivity contribution is 6.56. The number of rotatable bonds is 32. The predicted molar refractivity (Wildman–Crippen MR) is 289 cm³/mol. The monoisotopic (exact) mass is 997 g/mol. The second kappa shape index (κ2) is 49.7. The molecule has 0 aliphatic rings. The molecular formula is C43H104N10O6Si5. The number of hydrogen-bond acceptors (Lipinski definition) is 7. The molecule has 0 radical (unpaired) electrons. The lowest BCUT2D eigenvalue weighted by Gasteiger charge is -2.20. The molecule has 0 aliphatic carbocycles. The first-order valence-corrected chi connectivity index (χ1v) is 40.1. The van der Waals surface area contributed by atoms with Gasteiger partial charge in [0, 0.05) is 103 Å². The summed E-state index contributed by atoms with van der Waals surface area (Å²) in [6.07, 6.45) is 11.7. The topological polar surface area (TPSA) is 280 Å². The number of carbonyl (C=O) groups is 6. The molecule has 0 saturated carbocycles. The second-order valence-corrected chi connectivity index (χ2v) is 35.7. The number of amides is 9. The second-order valence-electron chi connectivity index (χ2n) is 18.9. The van der Waals surface area contributed by atoms with Crippen LogP contribution in [-0.2, 0) is 14.4 Å². The molecule has 0 aliphatic heterocycles. The lowest BCUT2D eigenvalue weighted by atomic mass is 10.2. The number of unbranched alkanes of at least 4 members (excludes halogenated alkanes) is 2. The minimum atomic E-state index is -0.557. The minimum Gasteiger partial charge on any atom is -0.370 e. The average Bonchev–Trinajstić information content (AvgIpc) is 3.16. The standard InChI is InChI=1S/C10H23N3O2Si.C10H24N2OSi.C9H22N2OSi.C7H18N2OSi.C7H17NOSi/c1-16(2)8-4-7-13(10(12)15)6-3-5-9(11)14;1-4-5-7-12(10(11)13)8-6-9-14(2)3;1-13(2)8-4-7-11-6-3-5-9(10)12;1-9(7(8)10)5-4-6-11(2)3;1-10(2)6-4-3-5-7(8)9/h16H,3-8H2,1-2H3,(H2,11,14)(H2,12,15);14H,4-9H2,1-3H3,(H2,11,13);11,13H,3-8H2,1-2H3,(H2,10,12);11H,4-6H2,1-3H3,(H2,8,10);10H,3-6H2,1-2H3,(H2,8,9). The zero-order chi connectivity index (χ0) is 50.5. The number of primary amides is 6. The third kappa shape index (κ3) is 68.3. The predicted octanol–water partition coefficient (Wildman–Crippen LogP) is 5.27. The molecule has 0 heterocycles. The third-order valence-corrected chi connectivity index (χ3v) is 17.5. The fourth-order valence-electron chi connectivity index (χ4n) is 5.68. The molecule has 0 aromatic rings. The summed E-state index contributed by atoms with van der Waals surface area (Å²) in [7, 11) is -0.468. The summed E-state index contributed by atoms with van der Waals surface area (Å²) >= 11 is 0. The van der Waals surface area contributed by atoms with Crippen LogP contribution in [0.3, 0.4) is 0 Å². The summed E-state index contributed by atoms with van der Waals surface area (Å²) in [6.45, 7) is 31.1. The first kappa shape index (κ1) is 70.3. The van der Waals surface area contributed by atoms with E-state index in [-0.39, 0.29) is 47.4 Å². The van der Waals surface area contributed by atoms with Gasteiger partial charge in [0.1, 0.15) is 0 Å². The van der Waals surface area contributed by atoms with Crippen LogP contribution in [-0.4, -0.2) is 147 Å². The largest absolute Gasteiger partial charge is 0.370 e. The highest BCUT2D eigenvalue weighted by Crippen LogP contribution is 2.05. The van der Waals surface area contributed by atoms with Crippen LogP contribution in [0.15, 0.2) is 0 Å². The molecule has 0 fully saturated rings. The van der Waals surface area contributed by atoms with E-state index in [0.29, 0.717) is 38.8 Å². The van der Waals surface area contributed by atoms with Crippen LogP contribution in [0.5, 0.6) is 0 Å². The van der Waals surface area contributed by atoms with Crippen LogP contribution in [0, 0.1) is 0 Å². The highest BCUT2D eigenvalue weighted by atomic mass is 28.3. The van der Waals surface area contributed by atoms with Gasteiger partial charge in [0.25, 0.3) is 0 Å². The number of nitrogens with one attached hydrogen (secondary N) is 1. The van der Waals surface area contributed by atoms with Gasteiger partial charge in [0.05, 0.1) is 0 Å². The Hall–Kier alpha value is -2.74. The molecule has 382 valence electrons. The molecule has 0 aromatic heterocycles. The Balaban J connectivity index is -0.000000229. The SMILES string of the molecule is CCCCN(CCC[SiH](C)C)C(N)=O.CN(CCC[SiH](C)C)C(N)=O.C[SiH](C)CCCCC(N)=O.C[SiH](C)CCCN(CCCC(N)=O)C(N)=O.C[SiH](C)CCCNCCCC(N)=O. The van der Waals surface area contributed by atoms with Crippen molar-refractivity contribution in [3.63, 3.8) is 0 Å². The fraction of sp³-hybridized carbons (Fsp3) is 0.860. The van der Waals surface area contributed by atoms with Gasteiger partial charge < -0.3 is 54.4 Å². The maximum Gasteiger partial charge on any atom is 0.314 e. The maximum atomic E-state index is 11.1. The molecule has 9 amide bonds. The first-order chi connectivity index (χ1) is 29.8. The molecule has 0 rings (SSSR count). The van der Waals surface area contributed by atoms with Crippen LogP contribution in [0.4, 0.5) is 14.4 Å². The van der Waals surface area contributed by atoms with Crippen molar-refractivity contribution in [2.75, 3.05) is 52.9 Å². The van der Waals surface area contributed by atoms with Gasteiger partial charge in [-0.05, 0) is 64.5 Å². The first-order valence-electron chi connectivity index (χ1n) is 24.4. The molecule has 21 heteroatoms. The summed E-state index contributed by atoms with van der Waals surface area (Å²) in [5.74, 6) is -0.694. The Morgan fingerprint density at radius 3 is 1.06 bits per heavy atom. The van der Waals surface area contributed by atoms with Crippen molar-refractivity contribution in [3.05, 3.63) is 0 Å². The van der Waals surface area contributed by atoms with E-state index in [1.54, 1.807) is 21.7 Å². The fourth-order valence-corrected chi connectivity index (χ4v) is 10.8. The van der Waals surface area contributed by atoms with Gasteiger partial charge in [-0.15, -0.1) is 0 Å². The van der Waals surface area contributed by atoms with E-state index in [2.05, 4.69) is 77.7 Å². The summed E-state index contributed by atoms with van der Waals surface area (Å²) in [6, 6.07) is 5.55. The van der Waals surface area contributed by atoms with E-state index >= 15 is 0 Å². The molecule has 0 saturated heterocycles. The van der Waals surface area contributed by atoms with Gasteiger partial charge in [0.15, 0.2) is 0 Å². The summed E-state index contributed by atoms with van der Waals surface area (Å²) in [4.78, 5) is 68.8. The number of nitrogens with two attached hydrogens (primary N) is 6. The molecule has 0 spiro atoms. The van der Waals surface area contributed by atoms with Crippen LogP contribution >= 0.6 is 0 Å². The van der Waals surface area contributed by atoms with Gasteiger partial charge in [-0.1, -0.05) is 115 Å². The van der Waals surface area contributed by atoms with Gasteiger partial charge in [0.2, 0.25) is 17.7 Å². The zero-order valence-electron chi connectivity index (χ0n) is 43.3. The molecule has 13 N–H and O–H groups in total. The number of hydrogen-bond donors (Lipinski definition) is 7. The lowest BCUT2D eigenvalue weighted by Crippen LogP contribution is -2.37. The van der Waals surface area contributed by atoms with E-state index in [4.69, 9.17) is 34.4 Å². The van der Waals surface area contributed by atoms with E-state index < -0.39 is 32.4 Å². The Morgan fingerprint density at radius 2 is 0.703 bits per heavy atom. The van der Waals surface area contributed by atoms with Gasteiger partial charge >= 0.3 is 18.1 Å². The van der Waals surface area contributed by atoms with Crippen molar-refractivity contribution < 1.29 is 28.8 Å². The van der Waals surface area contributed by atoms with E-state index in [0.717, 1.165) is 77.7 Å². The van der Waals surface area contributed by atoms with Crippen molar-refractivity contribution >= 4 is 79.8 Å². The quantitative estimate of drug-likeness (QED) is 0.0346. The van der Waals surface area contributed by atoms with Gasteiger partial charge in [-0.3, -0.25) is 14.4 Å². The van der Waals surface area contributed by atoms with Crippen molar-refractivity contribution in [2.24, 2.45) is 34.4 Å². The van der Waals surface area contributed by atoms with Gasteiger partial charge in [-0.25, -0.2) is 14.4 Å². The molecule has 0 aromatic carbocycles. The van der Waals surface area contributed by atoms with Crippen molar-refractivity contribution in [3.8, 4) is 0 Å². The van der Waals surface area contributed by atoms with Crippen LogP contribution in [0.25, 0.3) is 0 Å². The summed E-state index contributed by atoms with van der Waals surface area (Å²) in [5.41, 5.74) is 30.6. The number of nitrogens with zero attached hydrogens (tertiary/aromatic N) is 3. The number of carbonyl (C=O) groups excluding carboxylic acids is 6. The van der Waals surface area contributed by atoms with E-state index in [1.165, 1.54) is 43.1 Å². The zero-order valence-corrected chi connectivity index (χ0v) is 49.1. The normalized spacial score (nSPS) is 10.5. The number of urea groups is 3. The van der Waals surface area contributed by atoms with Crippen molar-refractivity contribution in [2.45, 2.75) is 186 Å². The minimum absolute atomic E-state index is 0.162. The average molecular weight is 998 g/mol. The Morgan fingerprint density at radius 1 is 0.391 bits per heavy atom. The van der Waals surface area contributed by atoms with Crippen molar-refractivity contribution in [1.29, 1.82) is 0 Å². The summed E-state index contributed by atoms with van der Waals surface area (Å²) in [5, 5.41) is 3.31. The van der Waals surface area contributed by atoms with Crippen LogP contribution in [0.2, 0.25) is 95.7 Å². The summed E-state index contributed by atoms with van der Waals surface area (Å²) < 4.78 is 0. The molecule has 0 bridgehead atoms. The molecule has 0 unspecified atom stereocenters. The van der Waals surface area contributed by atoms with Crippen molar-refractivity contribution in [1.82, 2.24) is 20.0 Å². The Bertz CT molecular complexity index is 1160. The Kier molecular flexibility index (Phi) is 54.6. The lowest BCUT2D eigenvalue weighted by molar-refractivity contribution is -0.119. The van der Waals surface area contributed by atoms with Crippen LogP contribution < -0.4 is 39.7 Å². The molecular weight excluding hydrogens is 893 g/mol. The van der Waals surface area contributed by atoms with Gasteiger partial charge in [-0.2, -0.15) is 0 Å². The highest BCUT2D eigenvalue weighted by Gasteiger charge is 2.11.